The second kappa shape index (κ2) is 5.82. The molecule has 7 heteroatoms. The van der Waals surface area contributed by atoms with Gasteiger partial charge in [-0.2, -0.15) is 0 Å². The second-order valence-corrected chi connectivity index (χ2v) is 4.55. The van der Waals surface area contributed by atoms with Crippen molar-refractivity contribution in [3.8, 4) is 5.75 Å². The normalized spacial score (nSPS) is 13.2. The summed E-state index contributed by atoms with van der Waals surface area (Å²) in [5.74, 6) is -1.03. The Labute approximate surface area is 125 Å². The summed E-state index contributed by atoms with van der Waals surface area (Å²) in [5.41, 5.74) is -2.72. The SMILES string of the molecule is COc1ccc(C(O)(C(=O)O)c2cccc([N+](=O)[O-])c2)cc1. The summed E-state index contributed by atoms with van der Waals surface area (Å²) in [4.78, 5) is 21.8. The molecular weight excluding hydrogens is 290 g/mol. The molecule has 2 rings (SSSR count). The number of non-ortho nitro benzene ring substituents is 1. The van der Waals surface area contributed by atoms with Gasteiger partial charge in [-0.3, -0.25) is 10.1 Å². The fourth-order valence-corrected chi connectivity index (χ4v) is 2.09. The van der Waals surface area contributed by atoms with E-state index in [1.807, 2.05) is 0 Å². The number of hydrogen-bond acceptors (Lipinski definition) is 5. The number of methoxy groups -OCH3 is 1. The maximum absolute atomic E-state index is 11.6. The summed E-state index contributed by atoms with van der Waals surface area (Å²) in [5, 5.41) is 30.9. The molecule has 1 atom stereocenters. The molecule has 0 radical (unpaired) electrons. The molecule has 0 bridgehead atoms. The molecule has 0 aromatic heterocycles. The van der Waals surface area contributed by atoms with Crippen molar-refractivity contribution in [2.24, 2.45) is 0 Å². The van der Waals surface area contributed by atoms with E-state index in [4.69, 9.17) is 4.74 Å². The average molecular weight is 303 g/mol. The van der Waals surface area contributed by atoms with Crippen molar-refractivity contribution in [3.05, 3.63) is 69.8 Å². The van der Waals surface area contributed by atoms with Crippen LogP contribution in [0.1, 0.15) is 11.1 Å². The topological polar surface area (TPSA) is 110 Å². The molecule has 0 aliphatic heterocycles. The monoisotopic (exact) mass is 303 g/mol. The average Bonchev–Trinajstić information content (AvgIpc) is 2.54. The first-order chi connectivity index (χ1) is 10.4. The smallest absolute Gasteiger partial charge is 0.345 e. The van der Waals surface area contributed by atoms with E-state index in [2.05, 4.69) is 0 Å². The first kappa shape index (κ1) is 15.5. The molecule has 2 aromatic carbocycles. The molecular formula is C15H13NO6. The van der Waals surface area contributed by atoms with Crippen LogP contribution in [0.5, 0.6) is 5.75 Å². The third-order valence-corrected chi connectivity index (χ3v) is 3.29. The molecule has 0 aliphatic carbocycles. The zero-order valence-electron chi connectivity index (χ0n) is 11.6. The molecule has 114 valence electrons. The van der Waals surface area contributed by atoms with Crippen molar-refractivity contribution in [3.63, 3.8) is 0 Å². The summed E-state index contributed by atoms with van der Waals surface area (Å²) in [7, 11) is 1.46. The molecule has 2 aromatic rings. The van der Waals surface area contributed by atoms with E-state index >= 15 is 0 Å². The fraction of sp³-hybridized carbons (Fsp3) is 0.133. The van der Waals surface area contributed by atoms with Crippen LogP contribution >= 0.6 is 0 Å². The van der Waals surface area contributed by atoms with Gasteiger partial charge in [-0.1, -0.05) is 24.3 Å². The molecule has 0 saturated heterocycles. The van der Waals surface area contributed by atoms with E-state index in [9.17, 15) is 25.1 Å². The predicted molar refractivity (Wildman–Crippen MR) is 76.7 cm³/mol. The molecule has 1 unspecified atom stereocenters. The molecule has 7 nitrogen and oxygen atoms in total. The summed E-state index contributed by atoms with van der Waals surface area (Å²) in [6.45, 7) is 0. The van der Waals surface area contributed by atoms with E-state index in [1.165, 1.54) is 49.6 Å². The highest BCUT2D eigenvalue weighted by molar-refractivity contribution is 5.84. The van der Waals surface area contributed by atoms with E-state index in [0.29, 0.717) is 5.75 Å². The Morgan fingerprint density at radius 3 is 2.32 bits per heavy atom. The lowest BCUT2D eigenvalue weighted by Gasteiger charge is -2.24. The predicted octanol–water partition coefficient (Wildman–Crippen LogP) is 1.92. The Bertz CT molecular complexity index is 712. The maximum Gasteiger partial charge on any atom is 0.345 e. The second-order valence-electron chi connectivity index (χ2n) is 4.55. The van der Waals surface area contributed by atoms with E-state index in [-0.39, 0.29) is 16.8 Å². The Morgan fingerprint density at radius 2 is 1.82 bits per heavy atom. The zero-order valence-corrected chi connectivity index (χ0v) is 11.6. The van der Waals surface area contributed by atoms with Crippen molar-refractivity contribution >= 4 is 11.7 Å². The number of ether oxygens (including phenoxy) is 1. The summed E-state index contributed by atoms with van der Waals surface area (Å²) in [6, 6.07) is 10.7. The number of nitrogens with zero attached hydrogens (tertiary/aromatic N) is 1. The molecule has 0 aliphatic rings. The first-order valence-corrected chi connectivity index (χ1v) is 6.25. The lowest BCUT2D eigenvalue weighted by molar-refractivity contribution is -0.385. The number of nitro groups is 1. The first-order valence-electron chi connectivity index (χ1n) is 6.25. The van der Waals surface area contributed by atoms with Crippen LogP contribution < -0.4 is 4.74 Å². The van der Waals surface area contributed by atoms with Gasteiger partial charge >= 0.3 is 5.97 Å². The van der Waals surface area contributed by atoms with Gasteiger partial charge in [0.1, 0.15) is 5.75 Å². The van der Waals surface area contributed by atoms with Gasteiger partial charge in [0.2, 0.25) is 5.60 Å². The van der Waals surface area contributed by atoms with Crippen LogP contribution in [0.3, 0.4) is 0 Å². The minimum Gasteiger partial charge on any atom is -0.497 e. The van der Waals surface area contributed by atoms with Crippen molar-refractivity contribution in [1.82, 2.24) is 0 Å². The van der Waals surface area contributed by atoms with E-state index < -0.39 is 16.5 Å². The van der Waals surface area contributed by atoms with Crippen LogP contribution in [0.25, 0.3) is 0 Å². The van der Waals surface area contributed by atoms with Gasteiger partial charge in [0, 0.05) is 17.7 Å². The highest BCUT2D eigenvalue weighted by atomic mass is 16.6. The molecule has 0 saturated carbocycles. The molecule has 22 heavy (non-hydrogen) atoms. The van der Waals surface area contributed by atoms with Crippen LogP contribution in [0.15, 0.2) is 48.5 Å². The molecule has 0 spiro atoms. The number of aliphatic hydroxyl groups is 1. The van der Waals surface area contributed by atoms with Crippen LogP contribution in [0.2, 0.25) is 0 Å². The zero-order chi connectivity index (χ0) is 16.3. The van der Waals surface area contributed by atoms with Gasteiger partial charge < -0.3 is 14.9 Å². The molecule has 0 heterocycles. The number of benzene rings is 2. The minimum absolute atomic E-state index is 0.0706. The lowest BCUT2D eigenvalue weighted by atomic mass is 9.86. The van der Waals surface area contributed by atoms with E-state index in [0.717, 1.165) is 6.07 Å². The highest BCUT2D eigenvalue weighted by Gasteiger charge is 2.41. The minimum atomic E-state index is -2.39. The van der Waals surface area contributed by atoms with Crippen LogP contribution in [-0.4, -0.2) is 28.2 Å². The number of aliphatic carboxylic acids is 1. The number of nitro benzene ring substituents is 1. The van der Waals surface area contributed by atoms with E-state index in [1.54, 1.807) is 0 Å². The molecule has 0 fully saturated rings. The Hall–Kier alpha value is -2.93. The highest BCUT2D eigenvalue weighted by Crippen LogP contribution is 2.32. The fourth-order valence-electron chi connectivity index (χ4n) is 2.09. The number of carbonyl (C=O) groups is 1. The molecule has 0 amide bonds. The van der Waals surface area contributed by atoms with Gasteiger partial charge in [0.25, 0.3) is 5.69 Å². The number of hydrogen-bond donors (Lipinski definition) is 2. The third kappa shape index (κ3) is 2.61. The maximum atomic E-state index is 11.6. The quantitative estimate of drug-likeness (QED) is 0.645. The summed E-state index contributed by atoms with van der Waals surface area (Å²) >= 11 is 0. The van der Waals surface area contributed by atoms with Crippen LogP contribution in [0, 0.1) is 10.1 Å². The van der Waals surface area contributed by atoms with Gasteiger partial charge in [0.05, 0.1) is 12.0 Å². The van der Waals surface area contributed by atoms with Crippen molar-refractivity contribution < 1.29 is 24.7 Å². The lowest BCUT2D eigenvalue weighted by Crippen LogP contribution is -2.36. The summed E-state index contributed by atoms with van der Waals surface area (Å²) < 4.78 is 4.98. The number of carboxylic acids is 1. The summed E-state index contributed by atoms with van der Waals surface area (Å²) in [6.07, 6.45) is 0. The Morgan fingerprint density at radius 1 is 1.18 bits per heavy atom. The molecule has 2 N–H and O–H groups in total. The van der Waals surface area contributed by atoms with Gasteiger partial charge in [-0.05, 0) is 17.7 Å². The van der Waals surface area contributed by atoms with Crippen molar-refractivity contribution in [1.29, 1.82) is 0 Å². The van der Waals surface area contributed by atoms with Gasteiger partial charge in [0.15, 0.2) is 0 Å². The number of carboxylic acid groups (broad SMARTS) is 1. The van der Waals surface area contributed by atoms with Crippen molar-refractivity contribution in [2.45, 2.75) is 5.60 Å². The Balaban J connectivity index is 2.58. The number of rotatable bonds is 5. The van der Waals surface area contributed by atoms with Crippen molar-refractivity contribution in [2.75, 3.05) is 7.11 Å². The Kier molecular flexibility index (Phi) is 4.09. The van der Waals surface area contributed by atoms with Crippen LogP contribution in [-0.2, 0) is 10.4 Å². The van der Waals surface area contributed by atoms with Gasteiger partial charge in [-0.15, -0.1) is 0 Å². The van der Waals surface area contributed by atoms with Crippen LogP contribution in [0.4, 0.5) is 5.69 Å². The largest absolute Gasteiger partial charge is 0.497 e. The standard InChI is InChI=1S/C15H13NO6/c1-22-13-7-5-10(6-8-13)15(19,14(17)18)11-3-2-4-12(9-11)16(20)21/h2-9,19H,1H3,(H,17,18). The van der Waals surface area contributed by atoms with Gasteiger partial charge in [-0.25, -0.2) is 4.79 Å². The third-order valence-electron chi connectivity index (χ3n) is 3.29.